The molecule has 1 heteroatoms. The van der Waals surface area contributed by atoms with E-state index in [1.807, 2.05) is 0 Å². The minimum absolute atomic E-state index is 1.17. The first-order chi connectivity index (χ1) is 18.3. The van der Waals surface area contributed by atoms with E-state index in [9.17, 15) is 0 Å². The van der Waals surface area contributed by atoms with Gasteiger partial charge in [-0.15, -0.1) is 0 Å². The van der Waals surface area contributed by atoms with E-state index >= 15 is 0 Å². The summed E-state index contributed by atoms with van der Waals surface area (Å²) in [7, 11) is 0. The average Bonchev–Trinajstić information content (AvgIpc) is 3.32. The summed E-state index contributed by atoms with van der Waals surface area (Å²) in [4.78, 5) is 0. The Morgan fingerprint density at radius 2 is 0.703 bits per heavy atom. The number of nitrogens with zero attached hydrogens (tertiary/aromatic N) is 1. The van der Waals surface area contributed by atoms with Crippen molar-refractivity contribution in [2.75, 3.05) is 0 Å². The van der Waals surface area contributed by atoms with Crippen LogP contribution in [0.2, 0.25) is 0 Å². The number of hydrogen-bond donors (Lipinski definition) is 0. The summed E-state index contributed by atoms with van der Waals surface area (Å²) in [6, 6.07) is 54.4. The molecule has 0 atom stereocenters. The quantitative estimate of drug-likeness (QED) is 0.241. The monoisotopic (exact) mass is 471 g/mol. The zero-order valence-electron chi connectivity index (χ0n) is 20.4. The molecule has 1 nitrogen and oxygen atoms in total. The first-order valence-electron chi connectivity index (χ1n) is 12.7. The molecule has 0 aliphatic heterocycles. The van der Waals surface area contributed by atoms with E-state index in [0.29, 0.717) is 0 Å². The summed E-state index contributed by atoms with van der Waals surface area (Å²) >= 11 is 0. The lowest BCUT2D eigenvalue weighted by atomic mass is 9.96. The summed E-state index contributed by atoms with van der Waals surface area (Å²) in [5.41, 5.74) is 11.0. The van der Waals surface area contributed by atoms with Crippen molar-refractivity contribution < 1.29 is 0 Å². The van der Waals surface area contributed by atoms with Crippen molar-refractivity contribution in [3.63, 3.8) is 0 Å². The molecule has 0 fully saturated rings. The molecule has 0 aliphatic carbocycles. The second kappa shape index (κ2) is 8.96. The van der Waals surface area contributed by atoms with Gasteiger partial charge in [0, 0.05) is 16.5 Å². The van der Waals surface area contributed by atoms with Gasteiger partial charge in [-0.05, 0) is 69.8 Å². The Morgan fingerprint density at radius 3 is 1.27 bits per heavy atom. The maximum Gasteiger partial charge on any atom is 0.0541 e. The lowest BCUT2D eigenvalue weighted by Crippen LogP contribution is -1.94. The molecule has 0 aliphatic rings. The second-order valence-corrected chi connectivity index (χ2v) is 9.45. The lowest BCUT2D eigenvalue weighted by molar-refractivity contribution is 1.18. The first kappa shape index (κ1) is 21.4. The Kier molecular flexibility index (Phi) is 5.19. The predicted molar refractivity (Wildman–Crippen MR) is 157 cm³/mol. The molecule has 0 spiro atoms. The van der Waals surface area contributed by atoms with Crippen molar-refractivity contribution >= 4 is 21.8 Å². The highest BCUT2D eigenvalue weighted by atomic mass is 15.0. The van der Waals surface area contributed by atoms with Gasteiger partial charge in [-0.25, -0.2) is 0 Å². The van der Waals surface area contributed by atoms with Crippen molar-refractivity contribution in [3.8, 4) is 39.1 Å². The molecule has 0 amide bonds. The number of rotatable bonds is 4. The van der Waals surface area contributed by atoms with E-state index in [0.717, 1.165) is 0 Å². The zero-order chi connectivity index (χ0) is 24.6. The highest BCUT2D eigenvalue weighted by Crippen LogP contribution is 2.34. The third-order valence-corrected chi connectivity index (χ3v) is 7.18. The Morgan fingerprint density at radius 1 is 0.297 bits per heavy atom. The van der Waals surface area contributed by atoms with Crippen LogP contribution in [0.15, 0.2) is 152 Å². The molecular weight excluding hydrogens is 446 g/mol. The third-order valence-electron chi connectivity index (χ3n) is 7.18. The molecule has 0 N–H and O–H groups in total. The molecule has 0 radical (unpaired) electrons. The highest BCUT2D eigenvalue weighted by molar-refractivity contribution is 6.09. The van der Waals surface area contributed by atoms with Crippen LogP contribution in [0, 0.1) is 0 Å². The first-order valence-corrected chi connectivity index (χ1v) is 12.7. The van der Waals surface area contributed by atoms with Gasteiger partial charge in [0.2, 0.25) is 0 Å². The maximum absolute atomic E-state index is 2.38. The Balaban J connectivity index is 1.32. The number of hydrogen-bond acceptors (Lipinski definition) is 0. The van der Waals surface area contributed by atoms with Crippen molar-refractivity contribution in [3.05, 3.63) is 152 Å². The van der Waals surface area contributed by atoms with Crippen LogP contribution < -0.4 is 0 Å². The molecule has 7 aromatic rings. The van der Waals surface area contributed by atoms with Gasteiger partial charge in [0.25, 0.3) is 0 Å². The van der Waals surface area contributed by atoms with Crippen LogP contribution >= 0.6 is 0 Å². The van der Waals surface area contributed by atoms with Gasteiger partial charge in [0.15, 0.2) is 0 Å². The van der Waals surface area contributed by atoms with E-state index in [2.05, 4.69) is 156 Å². The Bertz CT molecular complexity index is 1820. The minimum Gasteiger partial charge on any atom is -0.309 e. The largest absolute Gasteiger partial charge is 0.309 e. The number of benzene rings is 6. The fourth-order valence-electron chi connectivity index (χ4n) is 5.41. The van der Waals surface area contributed by atoms with E-state index in [4.69, 9.17) is 0 Å². The molecule has 0 saturated heterocycles. The average molecular weight is 472 g/mol. The van der Waals surface area contributed by atoms with Crippen LogP contribution in [0.3, 0.4) is 0 Å². The summed E-state index contributed by atoms with van der Waals surface area (Å²) in [5.74, 6) is 0. The van der Waals surface area contributed by atoms with E-state index in [1.165, 1.54) is 60.9 Å². The number of fused-ring (bicyclic) bond motifs is 3. The van der Waals surface area contributed by atoms with Crippen molar-refractivity contribution in [1.82, 2.24) is 4.57 Å². The standard InChI is InChI=1S/C36H25N/c1-2-11-26(12-3-1)27-13-8-14-28(23-27)29-15-9-16-30(24-29)31-17-10-18-32(25-31)37-35-21-6-4-19-33(35)34-20-5-7-22-36(34)37/h1-25H. The van der Waals surface area contributed by atoms with Gasteiger partial charge in [0.1, 0.15) is 0 Å². The van der Waals surface area contributed by atoms with Crippen LogP contribution in [0.25, 0.3) is 60.9 Å². The zero-order valence-corrected chi connectivity index (χ0v) is 20.4. The fraction of sp³-hybridized carbons (Fsp3) is 0. The SMILES string of the molecule is c1ccc(-c2cccc(-c3cccc(-c4cccc(-n5c6ccccc6c6ccccc65)c4)c3)c2)cc1. The predicted octanol–water partition coefficient (Wildman–Crippen LogP) is 9.78. The second-order valence-electron chi connectivity index (χ2n) is 9.45. The molecule has 1 aromatic heterocycles. The lowest BCUT2D eigenvalue weighted by Gasteiger charge is -2.12. The van der Waals surface area contributed by atoms with Crippen molar-refractivity contribution in [2.45, 2.75) is 0 Å². The van der Waals surface area contributed by atoms with Crippen LogP contribution in [0.1, 0.15) is 0 Å². The van der Waals surface area contributed by atoms with E-state index in [-0.39, 0.29) is 0 Å². The number of para-hydroxylation sites is 2. The van der Waals surface area contributed by atoms with Crippen molar-refractivity contribution in [1.29, 1.82) is 0 Å². The minimum atomic E-state index is 1.17. The van der Waals surface area contributed by atoms with E-state index < -0.39 is 0 Å². The van der Waals surface area contributed by atoms with Crippen LogP contribution in [0.4, 0.5) is 0 Å². The van der Waals surface area contributed by atoms with Crippen LogP contribution in [-0.2, 0) is 0 Å². The molecule has 7 rings (SSSR count). The van der Waals surface area contributed by atoms with E-state index in [1.54, 1.807) is 0 Å². The Labute approximate surface area is 216 Å². The van der Waals surface area contributed by atoms with Gasteiger partial charge in [0.05, 0.1) is 11.0 Å². The van der Waals surface area contributed by atoms with Gasteiger partial charge in [-0.3, -0.25) is 0 Å². The third kappa shape index (κ3) is 3.82. The van der Waals surface area contributed by atoms with Crippen molar-refractivity contribution in [2.24, 2.45) is 0 Å². The molecule has 0 saturated carbocycles. The normalized spacial score (nSPS) is 11.2. The molecular formula is C36H25N. The van der Waals surface area contributed by atoms with Crippen LogP contribution in [0.5, 0.6) is 0 Å². The molecule has 174 valence electrons. The highest BCUT2D eigenvalue weighted by Gasteiger charge is 2.12. The molecule has 1 heterocycles. The van der Waals surface area contributed by atoms with Gasteiger partial charge in [-0.2, -0.15) is 0 Å². The Hall–Kier alpha value is -4.88. The molecule has 37 heavy (non-hydrogen) atoms. The molecule has 6 aromatic carbocycles. The summed E-state index contributed by atoms with van der Waals surface area (Å²) < 4.78 is 2.38. The maximum atomic E-state index is 2.38. The number of aromatic nitrogens is 1. The van der Waals surface area contributed by atoms with Crippen LogP contribution in [-0.4, -0.2) is 4.57 Å². The topological polar surface area (TPSA) is 4.93 Å². The summed E-state index contributed by atoms with van der Waals surface area (Å²) in [6.07, 6.45) is 0. The van der Waals surface area contributed by atoms with Gasteiger partial charge < -0.3 is 4.57 Å². The van der Waals surface area contributed by atoms with Gasteiger partial charge in [-0.1, -0.05) is 115 Å². The fourth-order valence-corrected chi connectivity index (χ4v) is 5.41. The molecule has 0 bridgehead atoms. The smallest absolute Gasteiger partial charge is 0.0541 e. The summed E-state index contributed by atoms with van der Waals surface area (Å²) in [5, 5.41) is 2.56. The van der Waals surface area contributed by atoms with Gasteiger partial charge >= 0.3 is 0 Å². The molecule has 0 unspecified atom stereocenters. The summed E-state index contributed by atoms with van der Waals surface area (Å²) in [6.45, 7) is 0.